The second-order valence-corrected chi connectivity index (χ2v) is 5.59. The van der Waals surface area contributed by atoms with Gasteiger partial charge in [-0.1, -0.05) is 0 Å². The van der Waals surface area contributed by atoms with Crippen LogP contribution in [0.3, 0.4) is 0 Å². The molecule has 0 amide bonds. The summed E-state index contributed by atoms with van der Waals surface area (Å²) in [5.74, 6) is -1.84. The Kier molecular flexibility index (Phi) is 6.15. The highest BCUT2D eigenvalue weighted by atomic mass is 19.2. The molecule has 25 heavy (non-hydrogen) atoms. The molecule has 1 radical (unpaired) electrons. The van der Waals surface area contributed by atoms with Gasteiger partial charge in [0.25, 0.3) is 0 Å². The lowest BCUT2D eigenvalue weighted by molar-refractivity contribution is 0.0386. The van der Waals surface area contributed by atoms with Gasteiger partial charge in [0.2, 0.25) is 0 Å². The number of ether oxygens (including phenoxy) is 1. The van der Waals surface area contributed by atoms with E-state index in [2.05, 4.69) is 37.2 Å². The predicted molar refractivity (Wildman–Crippen MR) is 92.4 cm³/mol. The van der Waals surface area contributed by atoms with Crippen LogP contribution in [0.25, 0.3) is 0 Å². The van der Waals surface area contributed by atoms with Crippen molar-refractivity contribution in [3.63, 3.8) is 0 Å². The van der Waals surface area contributed by atoms with Gasteiger partial charge in [0.05, 0.1) is 18.9 Å². The average Bonchev–Trinajstić information content (AvgIpc) is 3.08. The van der Waals surface area contributed by atoms with Gasteiger partial charge < -0.3 is 10.1 Å². The minimum absolute atomic E-state index is 0.333. The van der Waals surface area contributed by atoms with Crippen molar-refractivity contribution in [2.24, 2.45) is 15.3 Å². The molecule has 2 N–H and O–H groups in total. The highest BCUT2D eigenvalue weighted by molar-refractivity contribution is 6.64. The number of morpholine rings is 1. The molecule has 0 bridgehead atoms. The van der Waals surface area contributed by atoms with E-state index in [1.165, 1.54) is 6.07 Å². The number of halogens is 2. The summed E-state index contributed by atoms with van der Waals surface area (Å²) >= 11 is 0. The fraction of sp³-hybridized carbons (Fsp3) is 0.438. The molecular formula is C16H19F2N6O. The van der Waals surface area contributed by atoms with Gasteiger partial charge in [0.1, 0.15) is 17.6 Å². The molecule has 1 aromatic carbocycles. The highest BCUT2D eigenvalue weighted by Crippen LogP contribution is 2.13. The van der Waals surface area contributed by atoms with Gasteiger partial charge in [-0.25, -0.2) is 8.78 Å². The SMILES string of the molecule is Fc1ccc(NN=C2[C]=NN=C2CNCCN2CCOCC2)cc1F. The van der Waals surface area contributed by atoms with Crippen LogP contribution in [0.5, 0.6) is 0 Å². The first-order chi connectivity index (χ1) is 12.2. The van der Waals surface area contributed by atoms with E-state index in [4.69, 9.17) is 4.74 Å². The largest absolute Gasteiger partial charge is 0.379 e. The van der Waals surface area contributed by atoms with Crippen LogP contribution >= 0.6 is 0 Å². The fourth-order valence-electron chi connectivity index (χ4n) is 2.41. The predicted octanol–water partition coefficient (Wildman–Crippen LogP) is 0.972. The smallest absolute Gasteiger partial charge is 0.160 e. The number of anilines is 1. The zero-order valence-electron chi connectivity index (χ0n) is 13.6. The lowest BCUT2D eigenvalue weighted by Crippen LogP contribution is -2.41. The van der Waals surface area contributed by atoms with Crippen molar-refractivity contribution in [3.8, 4) is 0 Å². The number of rotatable bonds is 7. The molecule has 0 saturated carbocycles. The summed E-state index contributed by atoms with van der Waals surface area (Å²) in [4.78, 5) is 2.33. The highest BCUT2D eigenvalue weighted by Gasteiger charge is 2.14. The van der Waals surface area contributed by atoms with E-state index < -0.39 is 11.6 Å². The number of hydrazone groups is 1. The van der Waals surface area contributed by atoms with E-state index >= 15 is 0 Å². The van der Waals surface area contributed by atoms with Crippen molar-refractivity contribution in [3.05, 3.63) is 29.8 Å². The van der Waals surface area contributed by atoms with Gasteiger partial charge in [-0.2, -0.15) is 10.2 Å². The van der Waals surface area contributed by atoms with Crippen LogP contribution < -0.4 is 10.7 Å². The number of hydrogen-bond acceptors (Lipinski definition) is 7. The first-order valence-electron chi connectivity index (χ1n) is 8.05. The molecule has 133 valence electrons. The number of benzene rings is 1. The Morgan fingerprint density at radius 2 is 2.08 bits per heavy atom. The monoisotopic (exact) mass is 349 g/mol. The van der Waals surface area contributed by atoms with Gasteiger partial charge >= 0.3 is 0 Å². The second-order valence-electron chi connectivity index (χ2n) is 5.59. The van der Waals surface area contributed by atoms with E-state index in [0.717, 1.165) is 51.5 Å². The molecule has 1 fully saturated rings. The van der Waals surface area contributed by atoms with Crippen molar-refractivity contribution in [1.82, 2.24) is 10.2 Å². The Balaban J connectivity index is 1.44. The maximum absolute atomic E-state index is 13.2. The summed E-state index contributed by atoms with van der Waals surface area (Å²) in [6.45, 7) is 5.70. The van der Waals surface area contributed by atoms with E-state index in [9.17, 15) is 8.78 Å². The molecule has 9 heteroatoms. The van der Waals surface area contributed by atoms with Gasteiger partial charge in [0.15, 0.2) is 11.6 Å². The van der Waals surface area contributed by atoms with Gasteiger partial charge in [-0.3, -0.25) is 10.3 Å². The standard InChI is InChI=1S/C16H19F2N6O/c17-13-2-1-12(9-14(13)18)21-23-16-11-20-22-15(16)10-19-3-4-24-5-7-25-8-6-24/h1-2,9,19,21H,3-8,10H2. The first kappa shape index (κ1) is 17.6. The van der Waals surface area contributed by atoms with Crippen molar-refractivity contribution in [1.29, 1.82) is 0 Å². The van der Waals surface area contributed by atoms with E-state index in [-0.39, 0.29) is 0 Å². The Morgan fingerprint density at radius 1 is 1.24 bits per heavy atom. The minimum Gasteiger partial charge on any atom is -0.379 e. The van der Waals surface area contributed by atoms with Crippen LogP contribution in [0, 0.1) is 11.6 Å². The van der Waals surface area contributed by atoms with E-state index in [0.29, 0.717) is 23.7 Å². The summed E-state index contributed by atoms with van der Waals surface area (Å²) < 4.78 is 31.4. The number of nitrogens with zero attached hydrogens (tertiary/aromatic N) is 4. The zero-order chi connectivity index (χ0) is 17.5. The number of hydrogen-bond donors (Lipinski definition) is 2. The maximum Gasteiger partial charge on any atom is 0.160 e. The third-order valence-corrected chi connectivity index (χ3v) is 3.82. The summed E-state index contributed by atoms with van der Waals surface area (Å²) in [5, 5.41) is 15.1. The summed E-state index contributed by atoms with van der Waals surface area (Å²) in [6, 6.07) is 3.46. The summed E-state index contributed by atoms with van der Waals surface area (Å²) in [5.41, 5.74) is 4.06. The summed E-state index contributed by atoms with van der Waals surface area (Å²) in [7, 11) is 0. The summed E-state index contributed by atoms with van der Waals surface area (Å²) in [6.07, 6.45) is 2.67. The lowest BCUT2D eigenvalue weighted by atomic mass is 10.2. The molecule has 2 aliphatic rings. The molecule has 2 aliphatic heterocycles. The van der Waals surface area contributed by atoms with E-state index in [1.807, 2.05) is 0 Å². The topological polar surface area (TPSA) is 73.6 Å². The van der Waals surface area contributed by atoms with Crippen LogP contribution in [0.4, 0.5) is 14.5 Å². The van der Waals surface area contributed by atoms with Crippen LogP contribution in [-0.2, 0) is 4.74 Å². The van der Waals surface area contributed by atoms with Crippen molar-refractivity contribution in [2.45, 2.75) is 0 Å². The molecule has 1 aromatic rings. The Hall–Kier alpha value is -2.23. The van der Waals surface area contributed by atoms with Crippen molar-refractivity contribution in [2.75, 3.05) is 51.4 Å². The average molecular weight is 349 g/mol. The first-order valence-corrected chi connectivity index (χ1v) is 8.05. The molecule has 1 saturated heterocycles. The molecule has 0 atom stereocenters. The third-order valence-electron chi connectivity index (χ3n) is 3.82. The van der Waals surface area contributed by atoms with Crippen LogP contribution in [0.1, 0.15) is 0 Å². The lowest BCUT2D eigenvalue weighted by Gasteiger charge is -2.26. The van der Waals surface area contributed by atoms with Crippen molar-refractivity contribution >= 4 is 23.3 Å². The fourth-order valence-corrected chi connectivity index (χ4v) is 2.41. The Labute approximate surface area is 144 Å². The van der Waals surface area contributed by atoms with Gasteiger partial charge in [0, 0.05) is 38.8 Å². The molecule has 0 spiro atoms. The Morgan fingerprint density at radius 3 is 2.88 bits per heavy atom. The van der Waals surface area contributed by atoms with Crippen LogP contribution in [0.2, 0.25) is 0 Å². The molecule has 0 aliphatic carbocycles. The molecule has 0 aromatic heterocycles. The Bertz CT molecular complexity index is 685. The molecule has 2 heterocycles. The van der Waals surface area contributed by atoms with Gasteiger partial charge in [-0.15, -0.1) is 5.10 Å². The van der Waals surface area contributed by atoms with Crippen molar-refractivity contribution < 1.29 is 13.5 Å². The molecule has 3 rings (SSSR count). The number of nitrogens with one attached hydrogen (secondary N) is 2. The molecule has 0 unspecified atom stereocenters. The second kappa shape index (κ2) is 8.75. The van der Waals surface area contributed by atoms with E-state index in [1.54, 1.807) is 0 Å². The van der Waals surface area contributed by atoms with Crippen LogP contribution in [-0.4, -0.2) is 68.5 Å². The maximum atomic E-state index is 13.2. The normalized spacial score (nSPS) is 19.4. The minimum atomic E-state index is -0.937. The van der Waals surface area contributed by atoms with Crippen LogP contribution in [0.15, 0.2) is 33.5 Å². The molecule has 7 nitrogen and oxygen atoms in total. The third kappa shape index (κ3) is 5.12. The van der Waals surface area contributed by atoms with Gasteiger partial charge in [-0.05, 0) is 12.1 Å². The zero-order valence-corrected chi connectivity index (χ0v) is 13.6. The quantitative estimate of drug-likeness (QED) is 0.568. The molecular weight excluding hydrogens is 330 g/mol.